The fourth-order valence-electron chi connectivity index (χ4n) is 0.252. The van der Waals surface area contributed by atoms with Crippen LogP contribution in [-0.2, 0) is 19.5 Å². The van der Waals surface area contributed by atoms with Crippen molar-refractivity contribution in [2.24, 2.45) is 0 Å². The van der Waals surface area contributed by atoms with Gasteiger partial charge in [-0.05, 0) is 0 Å². The molecule has 0 spiro atoms. The molecular weight excluding hydrogens is 189 g/mol. The predicted octanol–water partition coefficient (Wildman–Crippen LogP) is 0.226. The van der Waals surface area contributed by atoms with Gasteiger partial charge in [-0.3, -0.25) is 4.79 Å². The predicted molar refractivity (Wildman–Crippen MR) is 25.3 cm³/mol. The van der Waals surface area contributed by atoms with Gasteiger partial charge in [-0.2, -0.15) is 21.6 Å². The van der Waals surface area contributed by atoms with Crippen LogP contribution >= 0.6 is 0 Å². The Morgan fingerprint density at radius 1 is 1.27 bits per heavy atom. The van der Waals surface area contributed by atoms with Crippen molar-refractivity contribution in [2.45, 2.75) is 12.6 Å². The number of rotatable bonds is 1. The van der Waals surface area contributed by atoms with Crippen molar-refractivity contribution in [3.05, 3.63) is 0 Å². The highest BCUT2D eigenvalue weighted by atomic mass is 32.2. The maximum absolute atomic E-state index is 11.2. The minimum atomic E-state index is -5.44. The van der Waals surface area contributed by atoms with E-state index < -0.39 is 27.8 Å². The van der Waals surface area contributed by atoms with Crippen molar-refractivity contribution in [2.75, 3.05) is 0 Å². The summed E-state index contributed by atoms with van der Waals surface area (Å²) in [5.74, 6) is 0. The van der Waals surface area contributed by atoms with Crippen molar-refractivity contribution in [3.63, 3.8) is 0 Å². The molecule has 0 aliphatic rings. The Balaban J connectivity index is 4.35. The Kier molecular flexibility index (Phi) is 2.62. The topological polar surface area (TPSA) is 71.1 Å². The first-order valence-corrected chi connectivity index (χ1v) is 3.59. The lowest BCUT2D eigenvalue weighted by Crippen LogP contribution is -2.20. The summed E-state index contributed by atoms with van der Waals surface area (Å²) < 4.78 is 62.4. The highest BCUT2D eigenvalue weighted by molar-refractivity contribution is 8.00. The fourth-order valence-corrected chi connectivity index (χ4v) is 0.592. The molecule has 0 amide bonds. The number of halogens is 3. The second-order valence-electron chi connectivity index (χ2n) is 1.62. The highest BCUT2D eigenvalue weighted by Crippen LogP contribution is 2.20. The van der Waals surface area contributed by atoms with Crippen molar-refractivity contribution in [1.82, 2.24) is 0 Å². The first kappa shape index (κ1) is 10.4. The van der Waals surface area contributed by atoms with Gasteiger partial charge in [0.15, 0.2) is 0 Å². The maximum atomic E-state index is 11.2. The van der Waals surface area contributed by atoms with Crippen molar-refractivity contribution < 1.29 is 30.9 Å². The molecule has 0 aromatic heterocycles. The van der Waals surface area contributed by atoms with E-state index in [-0.39, 0.29) is 0 Å². The average Bonchev–Trinajstić information content (AvgIpc) is 1.56. The van der Waals surface area contributed by atoms with Crippen LogP contribution in [0.4, 0.5) is 13.2 Å². The van der Waals surface area contributed by atoms with E-state index in [9.17, 15) is 30.9 Å². The molecule has 0 heterocycles. The van der Waals surface area contributed by atoms with Crippen LogP contribution in [0.1, 0.15) is 6.42 Å². The molecule has 0 aliphatic carbocycles. The third-order valence-electron chi connectivity index (χ3n) is 0.624. The summed E-state index contributed by atoms with van der Waals surface area (Å²) in [5, 5.41) is -2.36. The lowest BCUT2D eigenvalue weighted by Gasteiger charge is -2.00. The zero-order valence-electron chi connectivity index (χ0n) is 4.88. The van der Waals surface area contributed by atoms with Crippen molar-refractivity contribution in [3.8, 4) is 0 Å². The van der Waals surface area contributed by atoms with Crippen LogP contribution in [0, 0.1) is 0 Å². The van der Waals surface area contributed by atoms with Crippen LogP contribution in [0.2, 0.25) is 0 Å². The van der Waals surface area contributed by atoms with Gasteiger partial charge in [0.1, 0.15) is 6.42 Å². The molecule has 0 aromatic carbocycles. The fraction of sp³-hybridized carbons (Fsp3) is 0.667. The van der Waals surface area contributed by atoms with Gasteiger partial charge >= 0.3 is 16.3 Å². The van der Waals surface area contributed by atoms with Crippen LogP contribution in [-0.4, -0.2) is 19.7 Å². The van der Waals surface area contributed by atoms with Gasteiger partial charge in [-0.1, -0.05) is 4.55 Å². The molecule has 0 saturated carbocycles. The van der Waals surface area contributed by atoms with Gasteiger partial charge in [0.2, 0.25) is 0 Å². The Hall–Kier alpha value is -0.630. The normalized spacial score (nSPS) is 13.1. The van der Waals surface area contributed by atoms with E-state index in [1.807, 2.05) is 0 Å². The molecule has 0 atom stereocenters. The standard InChI is InChI=1S/C3H2F3O4S/c4-3(5,6)1-2(7)11(8,9)10/h1H2. The number of carbonyl (C=O) groups excluding carboxylic acids is 1. The van der Waals surface area contributed by atoms with Gasteiger partial charge < -0.3 is 0 Å². The third kappa shape index (κ3) is 4.73. The smallest absolute Gasteiger partial charge is 0.279 e. The van der Waals surface area contributed by atoms with Crippen LogP contribution in [0.25, 0.3) is 0 Å². The maximum Gasteiger partial charge on any atom is 0.397 e. The van der Waals surface area contributed by atoms with E-state index in [0.717, 1.165) is 0 Å². The molecule has 0 N–H and O–H groups in total. The molecule has 11 heavy (non-hydrogen) atoms. The van der Waals surface area contributed by atoms with E-state index in [1.54, 1.807) is 0 Å². The van der Waals surface area contributed by atoms with Gasteiger partial charge in [0.25, 0.3) is 5.12 Å². The molecular formula is C3H2F3O4S. The lowest BCUT2D eigenvalue weighted by molar-refractivity contribution is -0.147. The molecule has 0 aromatic rings. The number of hydrogen-bond donors (Lipinski definition) is 0. The van der Waals surface area contributed by atoms with Gasteiger partial charge in [-0.25, -0.2) is 0 Å². The van der Waals surface area contributed by atoms with Crippen molar-refractivity contribution in [1.29, 1.82) is 0 Å². The second-order valence-corrected chi connectivity index (χ2v) is 2.98. The minimum absolute atomic E-state index is 2.22. The minimum Gasteiger partial charge on any atom is -0.279 e. The highest BCUT2D eigenvalue weighted by Gasteiger charge is 2.36. The summed E-state index contributed by atoms with van der Waals surface area (Å²) in [6.45, 7) is 0. The zero-order chi connectivity index (χ0) is 9.28. The SMILES string of the molecule is [O]S(=O)(=O)C(=O)CC(F)(F)F. The lowest BCUT2D eigenvalue weighted by atomic mass is 10.5. The van der Waals surface area contributed by atoms with Gasteiger partial charge in [0, 0.05) is 0 Å². The van der Waals surface area contributed by atoms with Crippen LogP contribution < -0.4 is 0 Å². The molecule has 0 aliphatic heterocycles. The monoisotopic (exact) mass is 191 g/mol. The molecule has 0 saturated heterocycles. The first-order valence-electron chi connectivity index (χ1n) is 2.18. The summed E-state index contributed by atoms with van der Waals surface area (Å²) in [7, 11) is -5.44. The number of hydrogen-bond acceptors (Lipinski definition) is 3. The second kappa shape index (κ2) is 2.78. The molecule has 0 bridgehead atoms. The summed E-state index contributed by atoms with van der Waals surface area (Å²) in [4.78, 5) is 9.86. The molecule has 0 rings (SSSR count). The van der Waals surface area contributed by atoms with Gasteiger partial charge in [-0.15, -0.1) is 0 Å². The van der Waals surface area contributed by atoms with E-state index in [4.69, 9.17) is 0 Å². The summed E-state index contributed by atoms with van der Waals surface area (Å²) in [6.07, 6.45) is -7.17. The number of carbonyl (C=O) groups is 1. The van der Waals surface area contributed by atoms with E-state index in [1.165, 1.54) is 0 Å². The van der Waals surface area contributed by atoms with Crippen LogP contribution in [0.5, 0.6) is 0 Å². The molecule has 0 fully saturated rings. The van der Waals surface area contributed by atoms with Crippen LogP contribution in [0.3, 0.4) is 0 Å². The molecule has 1 radical (unpaired) electrons. The van der Waals surface area contributed by atoms with E-state index in [0.29, 0.717) is 0 Å². The molecule has 4 nitrogen and oxygen atoms in total. The third-order valence-corrected chi connectivity index (χ3v) is 1.33. The van der Waals surface area contributed by atoms with Gasteiger partial charge in [0.05, 0.1) is 0 Å². The quantitative estimate of drug-likeness (QED) is 0.595. The molecule has 8 heteroatoms. The Morgan fingerprint density at radius 2 is 1.64 bits per heavy atom. The largest absolute Gasteiger partial charge is 0.397 e. The zero-order valence-corrected chi connectivity index (χ0v) is 5.70. The Labute approximate surface area is 59.8 Å². The van der Waals surface area contributed by atoms with E-state index in [2.05, 4.69) is 0 Å². The summed E-state index contributed by atoms with van der Waals surface area (Å²) in [6, 6.07) is 0. The van der Waals surface area contributed by atoms with Crippen molar-refractivity contribution >= 4 is 15.2 Å². The summed E-state index contributed by atoms with van der Waals surface area (Å²) >= 11 is 0. The Morgan fingerprint density at radius 3 is 1.73 bits per heavy atom. The first-order chi connectivity index (χ1) is 4.63. The number of alkyl halides is 3. The molecule has 0 unspecified atom stereocenters. The van der Waals surface area contributed by atoms with Crippen LogP contribution in [0.15, 0.2) is 0 Å². The summed E-state index contributed by atoms with van der Waals surface area (Å²) in [5.41, 5.74) is 0. The Bertz CT molecular complexity index is 250. The van der Waals surface area contributed by atoms with E-state index >= 15 is 0 Å². The molecule has 65 valence electrons. The average molecular weight is 191 g/mol.